The van der Waals surface area contributed by atoms with Gasteiger partial charge in [-0.05, 0) is 59.5 Å². The first-order valence-corrected chi connectivity index (χ1v) is 9.29. The summed E-state index contributed by atoms with van der Waals surface area (Å²) in [4.78, 5) is 13.7. The molecule has 0 radical (unpaired) electrons. The predicted molar refractivity (Wildman–Crippen MR) is 97.6 cm³/mol. The molecule has 134 valence electrons. The lowest BCUT2D eigenvalue weighted by molar-refractivity contribution is -0.143. The quantitative estimate of drug-likeness (QED) is 0.851. The van der Waals surface area contributed by atoms with Crippen molar-refractivity contribution in [2.24, 2.45) is 5.92 Å². The number of thiophene rings is 1. The average molecular weight is 361 g/mol. The summed E-state index contributed by atoms with van der Waals surface area (Å²) in [6.45, 7) is 1.45. The van der Waals surface area contributed by atoms with E-state index >= 15 is 0 Å². The molecule has 1 aromatic carbocycles. The van der Waals surface area contributed by atoms with Crippen molar-refractivity contribution in [3.8, 4) is 11.5 Å². The smallest absolute Gasteiger partial charge is 0.307 e. The Labute approximate surface area is 151 Å². The lowest BCUT2D eigenvalue weighted by atomic mass is 9.92. The fourth-order valence-corrected chi connectivity index (χ4v) is 4.19. The first kappa shape index (κ1) is 17.8. The van der Waals surface area contributed by atoms with E-state index in [1.54, 1.807) is 25.6 Å². The standard InChI is InChI=1S/C19H23NO4S/c1-23-16-6-5-13(10-17(16)24-2)18(15-7-9-25-12-15)20-8-3-4-14(11-20)19(21)22/h5-7,9-10,12,14,18H,3-4,8,11H2,1-2H3,(H,21,22). The summed E-state index contributed by atoms with van der Waals surface area (Å²) in [6.07, 6.45) is 1.64. The molecule has 1 N–H and O–H groups in total. The van der Waals surface area contributed by atoms with Crippen LogP contribution >= 0.6 is 11.3 Å². The third kappa shape index (κ3) is 3.80. The predicted octanol–water partition coefficient (Wildman–Crippen LogP) is 3.65. The van der Waals surface area contributed by atoms with Gasteiger partial charge in [0.1, 0.15) is 0 Å². The fraction of sp³-hybridized carbons (Fsp3) is 0.421. The molecule has 2 aromatic rings. The largest absolute Gasteiger partial charge is 0.493 e. The normalized spacial score (nSPS) is 19.4. The molecule has 1 fully saturated rings. The lowest BCUT2D eigenvalue weighted by Crippen LogP contribution is -2.41. The van der Waals surface area contributed by atoms with E-state index in [4.69, 9.17) is 9.47 Å². The van der Waals surface area contributed by atoms with Crippen molar-refractivity contribution in [3.05, 3.63) is 46.2 Å². The van der Waals surface area contributed by atoms with Crippen molar-refractivity contribution in [1.82, 2.24) is 4.90 Å². The number of carboxylic acid groups (broad SMARTS) is 1. The molecule has 1 aliphatic rings. The van der Waals surface area contributed by atoms with E-state index in [9.17, 15) is 9.90 Å². The Kier molecular flexibility index (Phi) is 5.60. The van der Waals surface area contributed by atoms with Crippen molar-refractivity contribution >= 4 is 17.3 Å². The number of piperidine rings is 1. The van der Waals surface area contributed by atoms with Crippen LogP contribution in [-0.2, 0) is 4.79 Å². The molecule has 2 unspecified atom stereocenters. The minimum Gasteiger partial charge on any atom is -0.493 e. The molecule has 1 saturated heterocycles. The van der Waals surface area contributed by atoms with E-state index in [1.165, 1.54) is 5.56 Å². The van der Waals surface area contributed by atoms with Gasteiger partial charge in [0, 0.05) is 6.54 Å². The van der Waals surface area contributed by atoms with Gasteiger partial charge in [-0.2, -0.15) is 11.3 Å². The molecule has 3 rings (SSSR count). The Balaban J connectivity index is 1.97. The molecule has 0 amide bonds. The van der Waals surface area contributed by atoms with Crippen LogP contribution in [0.1, 0.15) is 30.0 Å². The average Bonchev–Trinajstić information content (AvgIpc) is 3.16. The van der Waals surface area contributed by atoms with Crippen molar-refractivity contribution in [2.45, 2.75) is 18.9 Å². The van der Waals surface area contributed by atoms with Crippen LogP contribution in [0.2, 0.25) is 0 Å². The summed E-state index contributed by atoms with van der Waals surface area (Å²) >= 11 is 1.65. The Morgan fingerprint density at radius 1 is 1.24 bits per heavy atom. The molecule has 0 spiro atoms. The van der Waals surface area contributed by atoms with Gasteiger partial charge in [-0.3, -0.25) is 9.69 Å². The SMILES string of the molecule is COc1ccc(C(c2ccsc2)N2CCCC(C(=O)O)C2)cc1OC. The molecule has 2 atom stereocenters. The molecule has 25 heavy (non-hydrogen) atoms. The molecule has 0 saturated carbocycles. The monoisotopic (exact) mass is 361 g/mol. The van der Waals surface area contributed by atoms with Gasteiger partial charge < -0.3 is 14.6 Å². The number of hydrogen-bond acceptors (Lipinski definition) is 5. The number of aliphatic carboxylic acids is 1. The van der Waals surface area contributed by atoms with E-state index in [0.717, 1.165) is 24.9 Å². The lowest BCUT2D eigenvalue weighted by Gasteiger charge is -2.37. The molecule has 6 heteroatoms. The van der Waals surface area contributed by atoms with Crippen LogP contribution in [0.25, 0.3) is 0 Å². The van der Waals surface area contributed by atoms with Gasteiger partial charge in [-0.15, -0.1) is 0 Å². The number of carbonyl (C=O) groups is 1. The molecular weight excluding hydrogens is 338 g/mol. The van der Waals surface area contributed by atoms with E-state index in [0.29, 0.717) is 18.0 Å². The number of nitrogens with zero attached hydrogens (tertiary/aromatic N) is 1. The highest BCUT2D eigenvalue weighted by Gasteiger charge is 2.31. The molecular formula is C19H23NO4S. The summed E-state index contributed by atoms with van der Waals surface area (Å²) in [5, 5.41) is 13.6. The second-order valence-electron chi connectivity index (χ2n) is 6.25. The Morgan fingerprint density at radius 2 is 2.04 bits per heavy atom. The van der Waals surface area contributed by atoms with Crippen LogP contribution in [0.5, 0.6) is 11.5 Å². The number of benzene rings is 1. The number of carboxylic acids is 1. The Bertz CT molecular complexity index is 716. The molecule has 1 aliphatic heterocycles. The van der Waals surface area contributed by atoms with Gasteiger partial charge in [0.2, 0.25) is 0 Å². The summed E-state index contributed by atoms with van der Waals surface area (Å²) in [5.41, 5.74) is 2.27. The molecule has 0 aliphatic carbocycles. The van der Waals surface area contributed by atoms with Gasteiger partial charge in [0.15, 0.2) is 11.5 Å². The van der Waals surface area contributed by atoms with Gasteiger partial charge >= 0.3 is 5.97 Å². The van der Waals surface area contributed by atoms with E-state index < -0.39 is 5.97 Å². The zero-order valence-corrected chi connectivity index (χ0v) is 15.3. The second kappa shape index (κ2) is 7.89. The molecule has 1 aromatic heterocycles. The van der Waals surface area contributed by atoms with E-state index in [2.05, 4.69) is 21.7 Å². The van der Waals surface area contributed by atoms with Crippen LogP contribution in [0.4, 0.5) is 0 Å². The maximum atomic E-state index is 11.5. The molecule has 2 heterocycles. The topological polar surface area (TPSA) is 59.0 Å². The van der Waals surface area contributed by atoms with E-state index in [1.807, 2.05) is 18.2 Å². The van der Waals surface area contributed by atoms with Gasteiger partial charge in [0.05, 0.1) is 26.2 Å². The van der Waals surface area contributed by atoms with Gasteiger partial charge in [0.25, 0.3) is 0 Å². The highest BCUT2D eigenvalue weighted by molar-refractivity contribution is 7.08. The molecule has 5 nitrogen and oxygen atoms in total. The highest BCUT2D eigenvalue weighted by atomic mass is 32.1. The van der Waals surface area contributed by atoms with Crippen LogP contribution in [0.15, 0.2) is 35.0 Å². The van der Waals surface area contributed by atoms with Crippen LogP contribution in [-0.4, -0.2) is 43.3 Å². The second-order valence-corrected chi connectivity index (χ2v) is 7.03. The maximum absolute atomic E-state index is 11.5. The zero-order valence-electron chi connectivity index (χ0n) is 14.5. The van der Waals surface area contributed by atoms with Crippen LogP contribution < -0.4 is 9.47 Å². The van der Waals surface area contributed by atoms with Crippen LogP contribution in [0, 0.1) is 5.92 Å². The third-order valence-electron chi connectivity index (χ3n) is 4.75. The summed E-state index contributed by atoms with van der Waals surface area (Å²) in [6, 6.07) is 8.07. The summed E-state index contributed by atoms with van der Waals surface area (Å²) < 4.78 is 10.8. The number of hydrogen-bond donors (Lipinski definition) is 1. The van der Waals surface area contributed by atoms with Crippen molar-refractivity contribution in [2.75, 3.05) is 27.3 Å². The van der Waals surface area contributed by atoms with E-state index in [-0.39, 0.29) is 12.0 Å². The van der Waals surface area contributed by atoms with Crippen molar-refractivity contribution in [3.63, 3.8) is 0 Å². The minimum absolute atomic E-state index is 0.0215. The minimum atomic E-state index is -0.707. The Hall–Kier alpha value is -2.05. The van der Waals surface area contributed by atoms with Gasteiger partial charge in [-0.1, -0.05) is 6.07 Å². The van der Waals surface area contributed by atoms with Crippen molar-refractivity contribution in [1.29, 1.82) is 0 Å². The maximum Gasteiger partial charge on any atom is 0.307 e. The third-order valence-corrected chi connectivity index (χ3v) is 5.45. The number of likely N-dealkylation sites (tertiary alicyclic amines) is 1. The number of ether oxygens (including phenoxy) is 2. The summed E-state index contributed by atoms with van der Waals surface area (Å²) in [7, 11) is 3.25. The fourth-order valence-electron chi connectivity index (χ4n) is 3.51. The zero-order chi connectivity index (χ0) is 17.8. The van der Waals surface area contributed by atoms with Crippen molar-refractivity contribution < 1.29 is 19.4 Å². The van der Waals surface area contributed by atoms with Crippen LogP contribution in [0.3, 0.4) is 0 Å². The van der Waals surface area contributed by atoms with Gasteiger partial charge in [-0.25, -0.2) is 0 Å². The number of methoxy groups -OCH3 is 2. The highest BCUT2D eigenvalue weighted by Crippen LogP contribution is 2.37. The molecule has 0 bridgehead atoms. The number of rotatable bonds is 6. The Morgan fingerprint density at radius 3 is 2.68 bits per heavy atom. The summed E-state index contributed by atoms with van der Waals surface area (Å²) in [5.74, 6) is 0.362. The first-order valence-electron chi connectivity index (χ1n) is 8.35. The first-order chi connectivity index (χ1) is 12.1.